The largest absolute Gasteiger partial charge is 0.485 e. The van der Waals surface area contributed by atoms with Crippen molar-refractivity contribution < 1.29 is 23.5 Å². The van der Waals surface area contributed by atoms with Gasteiger partial charge in [0.1, 0.15) is 17.2 Å². The number of carbonyl (C=O) groups excluding carboxylic acids is 2. The van der Waals surface area contributed by atoms with Crippen molar-refractivity contribution >= 4 is 11.9 Å². The van der Waals surface area contributed by atoms with Gasteiger partial charge in [-0.05, 0) is 62.7 Å². The standard InChI is InChI=1S/C24H29FN2O4/c1-24(2,3)31-23(29)27-14-12-26(13-15-27)16-18-4-10-21(11-5-18)30-17-22(28)19-6-8-20(25)9-7-19/h4-11H,12-17H2,1-3H3. The summed E-state index contributed by atoms with van der Waals surface area (Å²) in [5.74, 6) is 0.0280. The molecule has 0 aliphatic carbocycles. The fraction of sp³-hybridized carbons (Fsp3) is 0.417. The third-order valence-electron chi connectivity index (χ3n) is 4.89. The number of ketones is 1. The molecule has 0 spiro atoms. The van der Waals surface area contributed by atoms with Crippen LogP contribution in [0.1, 0.15) is 36.7 Å². The topological polar surface area (TPSA) is 59.1 Å². The van der Waals surface area contributed by atoms with Crippen LogP contribution in [-0.4, -0.2) is 60.1 Å². The third-order valence-corrected chi connectivity index (χ3v) is 4.89. The molecule has 1 aliphatic rings. The van der Waals surface area contributed by atoms with Gasteiger partial charge in [-0.15, -0.1) is 0 Å². The number of benzene rings is 2. The van der Waals surface area contributed by atoms with E-state index in [0.29, 0.717) is 24.4 Å². The van der Waals surface area contributed by atoms with Crippen molar-refractivity contribution in [3.05, 3.63) is 65.5 Å². The number of halogens is 1. The maximum absolute atomic E-state index is 13.0. The molecule has 1 amide bonds. The van der Waals surface area contributed by atoms with Gasteiger partial charge >= 0.3 is 6.09 Å². The molecule has 0 bridgehead atoms. The Bertz CT molecular complexity index is 883. The first-order chi connectivity index (χ1) is 14.7. The van der Waals surface area contributed by atoms with E-state index in [1.807, 2.05) is 45.0 Å². The molecule has 0 N–H and O–H groups in total. The van der Waals surface area contributed by atoms with Crippen molar-refractivity contribution in [3.8, 4) is 5.75 Å². The van der Waals surface area contributed by atoms with E-state index in [4.69, 9.17) is 9.47 Å². The number of rotatable bonds is 6. The first-order valence-corrected chi connectivity index (χ1v) is 10.4. The van der Waals surface area contributed by atoms with Gasteiger partial charge in [0.05, 0.1) is 0 Å². The molecule has 2 aromatic carbocycles. The van der Waals surface area contributed by atoms with Gasteiger partial charge in [-0.25, -0.2) is 9.18 Å². The molecule has 1 fully saturated rings. The minimum Gasteiger partial charge on any atom is -0.485 e. The van der Waals surface area contributed by atoms with E-state index in [9.17, 15) is 14.0 Å². The number of nitrogens with zero attached hydrogens (tertiary/aromatic N) is 2. The van der Waals surface area contributed by atoms with E-state index in [1.165, 1.54) is 24.3 Å². The smallest absolute Gasteiger partial charge is 0.410 e. The van der Waals surface area contributed by atoms with Gasteiger partial charge < -0.3 is 14.4 Å². The fourth-order valence-corrected chi connectivity index (χ4v) is 3.23. The average molecular weight is 429 g/mol. The summed E-state index contributed by atoms with van der Waals surface area (Å²) >= 11 is 0. The Morgan fingerprint density at radius 2 is 1.55 bits per heavy atom. The molecule has 0 unspecified atom stereocenters. The maximum atomic E-state index is 13.0. The number of carbonyl (C=O) groups is 2. The molecular weight excluding hydrogens is 399 g/mol. The van der Waals surface area contributed by atoms with Crippen LogP contribution in [0.4, 0.5) is 9.18 Å². The molecule has 3 rings (SSSR count). The molecule has 1 saturated heterocycles. The van der Waals surface area contributed by atoms with E-state index in [0.717, 1.165) is 25.2 Å². The highest BCUT2D eigenvalue weighted by molar-refractivity contribution is 5.97. The first-order valence-electron chi connectivity index (χ1n) is 10.4. The third kappa shape index (κ3) is 7.07. The molecule has 31 heavy (non-hydrogen) atoms. The zero-order valence-corrected chi connectivity index (χ0v) is 18.3. The fourth-order valence-electron chi connectivity index (χ4n) is 3.23. The monoisotopic (exact) mass is 428 g/mol. The zero-order chi connectivity index (χ0) is 22.4. The van der Waals surface area contributed by atoms with Gasteiger partial charge in [-0.3, -0.25) is 9.69 Å². The Kier molecular flexibility index (Phi) is 7.28. The number of piperazine rings is 1. The lowest BCUT2D eigenvalue weighted by atomic mass is 10.1. The number of Topliss-reactive ketones (excluding diaryl/α,β-unsaturated/α-hetero) is 1. The number of hydrogen-bond donors (Lipinski definition) is 0. The number of amides is 1. The van der Waals surface area contributed by atoms with Crippen molar-refractivity contribution in [2.45, 2.75) is 32.9 Å². The van der Waals surface area contributed by atoms with Crippen LogP contribution in [0.3, 0.4) is 0 Å². The average Bonchev–Trinajstić information content (AvgIpc) is 2.73. The molecule has 1 heterocycles. The Morgan fingerprint density at radius 1 is 0.935 bits per heavy atom. The summed E-state index contributed by atoms with van der Waals surface area (Å²) in [5.41, 5.74) is 1.06. The molecule has 2 aromatic rings. The number of hydrogen-bond acceptors (Lipinski definition) is 5. The Morgan fingerprint density at radius 3 is 2.13 bits per heavy atom. The molecule has 0 atom stereocenters. The van der Waals surface area contributed by atoms with E-state index in [1.54, 1.807) is 4.90 Å². The van der Waals surface area contributed by atoms with E-state index < -0.39 is 5.60 Å². The highest BCUT2D eigenvalue weighted by Gasteiger charge is 2.25. The summed E-state index contributed by atoms with van der Waals surface area (Å²) in [6.45, 7) is 9.12. The highest BCUT2D eigenvalue weighted by atomic mass is 19.1. The van der Waals surface area contributed by atoms with Gasteiger partial charge in [-0.2, -0.15) is 0 Å². The van der Waals surface area contributed by atoms with E-state index in [-0.39, 0.29) is 24.3 Å². The Hall–Kier alpha value is -2.93. The van der Waals surface area contributed by atoms with Crippen LogP contribution >= 0.6 is 0 Å². The van der Waals surface area contributed by atoms with Crippen LogP contribution in [0.5, 0.6) is 5.75 Å². The van der Waals surface area contributed by atoms with Gasteiger partial charge in [0, 0.05) is 38.3 Å². The van der Waals surface area contributed by atoms with Crippen LogP contribution in [-0.2, 0) is 11.3 Å². The first kappa shape index (κ1) is 22.7. The number of ether oxygens (including phenoxy) is 2. The summed E-state index contributed by atoms with van der Waals surface area (Å²) in [4.78, 5) is 28.3. The summed E-state index contributed by atoms with van der Waals surface area (Å²) in [6.07, 6.45) is -0.260. The molecule has 0 saturated carbocycles. The van der Waals surface area contributed by atoms with Gasteiger partial charge in [0.25, 0.3) is 0 Å². The van der Waals surface area contributed by atoms with Crippen LogP contribution in [0.25, 0.3) is 0 Å². The van der Waals surface area contributed by atoms with E-state index >= 15 is 0 Å². The second-order valence-corrected chi connectivity index (χ2v) is 8.61. The molecular formula is C24H29FN2O4. The van der Waals surface area contributed by atoms with Crippen molar-refractivity contribution in [3.63, 3.8) is 0 Å². The Balaban J connectivity index is 1.43. The second-order valence-electron chi connectivity index (χ2n) is 8.61. The lowest BCUT2D eigenvalue weighted by Crippen LogP contribution is -2.49. The lowest BCUT2D eigenvalue weighted by molar-refractivity contribution is 0.0139. The van der Waals surface area contributed by atoms with Gasteiger partial charge in [0.15, 0.2) is 12.4 Å². The normalized spacial score (nSPS) is 14.9. The van der Waals surface area contributed by atoms with Crippen LogP contribution < -0.4 is 4.74 Å². The molecule has 6 nitrogen and oxygen atoms in total. The minimum absolute atomic E-state index is 0.0996. The van der Waals surface area contributed by atoms with Crippen LogP contribution in [0.15, 0.2) is 48.5 Å². The van der Waals surface area contributed by atoms with Crippen LogP contribution in [0.2, 0.25) is 0 Å². The molecule has 7 heteroatoms. The zero-order valence-electron chi connectivity index (χ0n) is 18.3. The predicted octanol–water partition coefficient (Wildman–Crippen LogP) is 4.14. The van der Waals surface area contributed by atoms with Gasteiger partial charge in [0.2, 0.25) is 0 Å². The molecule has 166 valence electrons. The van der Waals surface area contributed by atoms with Crippen LogP contribution in [0, 0.1) is 5.82 Å². The van der Waals surface area contributed by atoms with Crippen molar-refractivity contribution in [2.24, 2.45) is 0 Å². The SMILES string of the molecule is CC(C)(C)OC(=O)N1CCN(Cc2ccc(OCC(=O)c3ccc(F)cc3)cc2)CC1. The van der Waals surface area contributed by atoms with Crippen molar-refractivity contribution in [1.29, 1.82) is 0 Å². The summed E-state index contributed by atoms with van der Waals surface area (Å²) in [7, 11) is 0. The maximum Gasteiger partial charge on any atom is 0.410 e. The van der Waals surface area contributed by atoms with E-state index in [2.05, 4.69) is 4.90 Å². The van der Waals surface area contributed by atoms with Crippen molar-refractivity contribution in [2.75, 3.05) is 32.8 Å². The highest BCUT2D eigenvalue weighted by Crippen LogP contribution is 2.17. The second kappa shape index (κ2) is 9.92. The lowest BCUT2D eigenvalue weighted by Gasteiger charge is -2.35. The summed E-state index contributed by atoms with van der Waals surface area (Å²) < 4.78 is 23.9. The van der Waals surface area contributed by atoms with Gasteiger partial charge in [-0.1, -0.05) is 12.1 Å². The minimum atomic E-state index is -0.484. The summed E-state index contributed by atoms with van der Waals surface area (Å²) in [6, 6.07) is 13.0. The summed E-state index contributed by atoms with van der Waals surface area (Å²) in [5, 5.41) is 0. The quantitative estimate of drug-likeness (QED) is 0.648. The molecule has 0 radical (unpaired) electrons. The predicted molar refractivity (Wildman–Crippen MR) is 116 cm³/mol. The Labute approximate surface area is 182 Å². The molecule has 0 aromatic heterocycles. The molecule has 1 aliphatic heterocycles. The van der Waals surface area contributed by atoms with Crippen molar-refractivity contribution in [1.82, 2.24) is 9.80 Å².